The molecule has 2 heterocycles. The molecule has 1 saturated heterocycles. The van der Waals surface area contributed by atoms with E-state index < -0.39 is 5.82 Å². The van der Waals surface area contributed by atoms with Gasteiger partial charge in [-0.1, -0.05) is 30.3 Å². The molecule has 1 aliphatic heterocycles. The lowest BCUT2D eigenvalue weighted by Crippen LogP contribution is -2.22. The number of aromatic nitrogens is 2. The largest absolute Gasteiger partial charge is 0.368 e. The van der Waals surface area contributed by atoms with Gasteiger partial charge in [-0.15, -0.1) is 0 Å². The van der Waals surface area contributed by atoms with Crippen LogP contribution in [0.5, 0.6) is 0 Å². The maximum absolute atomic E-state index is 13.7. The normalized spacial score (nSPS) is 18.8. The van der Waals surface area contributed by atoms with Crippen molar-refractivity contribution in [3.8, 4) is 0 Å². The summed E-state index contributed by atoms with van der Waals surface area (Å²) in [5.74, 6) is 0.421. The molecule has 1 aromatic carbocycles. The lowest BCUT2D eigenvalue weighted by Gasteiger charge is -2.18. The lowest BCUT2D eigenvalue weighted by atomic mass is 9.99. The molecule has 1 aromatic heterocycles. The van der Waals surface area contributed by atoms with Crippen LogP contribution in [0.1, 0.15) is 17.9 Å². The fourth-order valence-corrected chi connectivity index (χ4v) is 2.54. The van der Waals surface area contributed by atoms with E-state index >= 15 is 0 Å². The highest BCUT2D eigenvalue weighted by atomic mass is 19.1. The summed E-state index contributed by atoms with van der Waals surface area (Å²) in [6.45, 7) is 1.55. The van der Waals surface area contributed by atoms with Crippen molar-refractivity contribution >= 4 is 11.8 Å². The van der Waals surface area contributed by atoms with Crippen LogP contribution in [0.2, 0.25) is 0 Å². The number of nitrogen functional groups attached to an aromatic ring is 1. The van der Waals surface area contributed by atoms with Crippen molar-refractivity contribution < 1.29 is 4.39 Å². The highest BCUT2D eigenvalue weighted by Crippen LogP contribution is 2.30. The van der Waals surface area contributed by atoms with Crippen molar-refractivity contribution in [2.24, 2.45) is 0 Å². The van der Waals surface area contributed by atoms with Gasteiger partial charge in [0.2, 0.25) is 5.95 Å². The Morgan fingerprint density at radius 3 is 2.84 bits per heavy atom. The highest BCUT2D eigenvalue weighted by molar-refractivity contribution is 5.44. The Bertz CT molecular complexity index is 573. The molecule has 3 rings (SSSR count). The number of benzene rings is 1. The van der Waals surface area contributed by atoms with Gasteiger partial charge in [0.15, 0.2) is 11.6 Å². The molecule has 4 nitrogen and oxygen atoms in total. The van der Waals surface area contributed by atoms with Crippen molar-refractivity contribution in [1.82, 2.24) is 9.97 Å². The second-order valence-corrected chi connectivity index (χ2v) is 4.74. The average molecular weight is 258 g/mol. The summed E-state index contributed by atoms with van der Waals surface area (Å²) in [7, 11) is 0. The van der Waals surface area contributed by atoms with E-state index in [0.717, 1.165) is 25.7 Å². The molecule has 19 heavy (non-hydrogen) atoms. The van der Waals surface area contributed by atoms with Crippen molar-refractivity contribution in [3.63, 3.8) is 0 Å². The molecule has 1 unspecified atom stereocenters. The minimum absolute atomic E-state index is 0.111. The molecule has 1 aliphatic rings. The molecule has 0 spiro atoms. The molecule has 0 bridgehead atoms. The zero-order valence-electron chi connectivity index (χ0n) is 10.5. The maximum atomic E-state index is 13.7. The van der Waals surface area contributed by atoms with Crippen LogP contribution in [0.15, 0.2) is 36.5 Å². The number of halogens is 1. The second kappa shape index (κ2) is 4.84. The van der Waals surface area contributed by atoms with Crippen molar-refractivity contribution in [2.45, 2.75) is 12.3 Å². The Morgan fingerprint density at radius 2 is 2.05 bits per heavy atom. The molecule has 1 atom stereocenters. The zero-order chi connectivity index (χ0) is 13.2. The lowest BCUT2D eigenvalue weighted by molar-refractivity contribution is 0.608. The molecule has 1 fully saturated rings. The monoisotopic (exact) mass is 258 g/mol. The molecular formula is C14H15FN4. The summed E-state index contributed by atoms with van der Waals surface area (Å²) in [5, 5.41) is 0. The summed E-state index contributed by atoms with van der Waals surface area (Å²) in [6.07, 6.45) is 2.13. The van der Waals surface area contributed by atoms with Gasteiger partial charge in [0.1, 0.15) is 0 Å². The van der Waals surface area contributed by atoms with Gasteiger partial charge in [0, 0.05) is 19.0 Å². The number of nitrogens with zero attached hydrogens (tertiary/aromatic N) is 3. The van der Waals surface area contributed by atoms with E-state index in [2.05, 4.69) is 22.1 Å². The van der Waals surface area contributed by atoms with Crippen LogP contribution < -0.4 is 10.6 Å². The first kappa shape index (κ1) is 11.9. The van der Waals surface area contributed by atoms with E-state index in [1.165, 1.54) is 5.56 Å². The molecule has 5 heteroatoms. The Kier molecular flexibility index (Phi) is 3.03. The maximum Gasteiger partial charge on any atom is 0.222 e. The van der Waals surface area contributed by atoms with Gasteiger partial charge >= 0.3 is 0 Å². The van der Waals surface area contributed by atoms with E-state index in [-0.39, 0.29) is 5.95 Å². The summed E-state index contributed by atoms with van der Waals surface area (Å²) in [6, 6.07) is 10.3. The van der Waals surface area contributed by atoms with Crippen LogP contribution in [0.4, 0.5) is 16.2 Å². The number of hydrogen-bond acceptors (Lipinski definition) is 4. The Hall–Kier alpha value is -2.17. The molecule has 98 valence electrons. The number of rotatable bonds is 2. The van der Waals surface area contributed by atoms with Gasteiger partial charge in [-0.3, -0.25) is 0 Å². The van der Waals surface area contributed by atoms with Gasteiger partial charge in [-0.25, -0.2) is 9.37 Å². The first-order valence-corrected chi connectivity index (χ1v) is 6.32. The van der Waals surface area contributed by atoms with Gasteiger partial charge in [0.05, 0.1) is 6.20 Å². The van der Waals surface area contributed by atoms with Gasteiger partial charge in [-0.05, 0) is 12.0 Å². The summed E-state index contributed by atoms with van der Waals surface area (Å²) in [5.41, 5.74) is 6.81. The van der Waals surface area contributed by atoms with Crippen LogP contribution >= 0.6 is 0 Å². The van der Waals surface area contributed by atoms with Crippen molar-refractivity contribution in [2.75, 3.05) is 23.7 Å². The third kappa shape index (κ3) is 2.36. The molecular weight excluding hydrogens is 243 g/mol. The average Bonchev–Trinajstić information content (AvgIpc) is 2.92. The van der Waals surface area contributed by atoms with E-state index in [9.17, 15) is 4.39 Å². The van der Waals surface area contributed by atoms with E-state index in [4.69, 9.17) is 5.73 Å². The Labute approximate surface area is 111 Å². The third-order valence-electron chi connectivity index (χ3n) is 3.50. The van der Waals surface area contributed by atoms with Gasteiger partial charge in [0.25, 0.3) is 0 Å². The van der Waals surface area contributed by atoms with E-state index in [1.807, 2.05) is 23.1 Å². The molecule has 0 aliphatic carbocycles. The van der Waals surface area contributed by atoms with E-state index in [1.54, 1.807) is 0 Å². The topological polar surface area (TPSA) is 55.0 Å². The molecule has 2 N–H and O–H groups in total. The van der Waals surface area contributed by atoms with Crippen LogP contribution in [0.3, 0.4) is 0 Å². The Balaban J connectivity index is 1.81. The summed E-state index contributed by atoms with van der Waals surface area (Å²) in [4.78, 5) is 9.59. The van der Waals surface area contributed by atoms with Crippen LogP contribution in [-0.4, -0.2) is 23.1 Å². The summed E-state index contributed by atoms with van der Waals surface area (Å²) >= 11 is 0. The van der Waals surface area contributed by atoms with E-state index in [0.29, 0.717) is 11.7 Å². The first-order chi connectivity index (χ1) is 9.24. The SMILES string of the molecule is Nc1ncc(F)c(N2CCC(c3ccccc3)C2)n1. The minimum atomic E-state index is -0.414. The predicted molar refractivity (Wildman–Crippen MR) is 72.4 cm³/mol. The fraction of sp³-hybridized carbons (Fsp3) is 0.286. The molecule has 0 saturated carbocycles. The van der Waals surface area contributed by atoms with Gasteiger partial charge < -0.3 is 10.6 Å². The standard InChI is InChI=1S/C14H15FN4/c15-12-8-17-14(16)18-13(12)19-7-6-11(9-19)10-4-2-1-3-5-10/h1-5,8,11H,6-7,9H2,(H2,16,17,18). The fourth-order valence-electron chi connectivity index (χ4n) is 2.54. The number of nitrogens with two attached hydrogens (primary N) is 1. The molecule has 0 amide bonds. The van der Waals surface area contributed by atoms with Crippen molar-refractivity contribution in [3.05, 3.63) is 47.9 Å². The Morgan fingerprint density at radius 1 is 1.26 bits per heavy atom. The number of anilines is 2. The van der Waals surface area contributed by atoms with Crippen LogP contribution in [0.25, 0.3) is 0 Å². The zero-order valence-corrected chi connectivity index (χ0v) is 10.5. The summed E-state index contributed by atoms with van der Waals surface area (Å²) < 4.78 is 13.7. The van der Waals surface area contributed by atoms with Gasteiger partial charge in [-0.2, -0.15) is 4.98 Å². The predicted octanol–water partition coefficient (Wildman–Crippen LogP) is 2.19. The molecule has 0 radical (unpaired) electrons. The third-order valence-corrected chi connectivity index (χ3v) is 3.50. The quantitative estimate of drug-likeness (QED) is 0.897. The van der Waals surface area contributed by atoms with Crippen LogP contribution in [0, 0.1) is 5.82 Å². The molecule has 2 aromatic rings. The second-order valence-electron chi connectivity index (χ2n) is 4.74. The highest BCUT2D eigenvalue weighted by Gasteiger charge is 2.26. The smallest absolute Gasteiger partial charge is 0.222 e. The van der Waals surface area contributed by atoms with Crippen LogP contribution in [-0.2, 0) is 0 Å². The minimum Gasteiger partial charge on any atom is -0.368 e. The number of hydrogen-bond donors (Lipinski definition) is 1. The first-order valence-electron chi connectivity index (χ1n) is 6.32. The van der Waals surface area contributed by atoms with Crippen molar-refractivity contribution in [1.29, 1.82) is 0 Å².